The maximum absolute atomic E-state index is 13.4. The maximum atomic E-state index is 13.4. The van der Waals surface area contributed by atoms with Gasteiger partial charge in [0.15, 0.2) is 0 Å². The van der Waals surface area contributed by atoms with Crippen LogP contribution in [0, 0.1) is 12.7 Å². The third-order valence-electron chi connectivity index (χ3n) is 4.34. The number of benzene rings is 2. The number of aryl methyl sites for hydroxylation is 1. The smallest absolute Gasteiger partial charge is 0.251 e. The molecule has 2 aromatic carbocycles. The van der Waals surface area contributed by atoms with Crippen LogP contribution in [-0.2, 0) is 9.59 Å². The van der Waals surface area contributed by atoms with Crippen molar-refractivity contribution in [1.29, 1.82) is 0 Å². The van der Waals surface area contributed by atoms with Gasteiger partial charge in [0.2, 0.25) is 11.8 Å². The molecule has 0 bridgehead atoms. The number of fused-ring (bicyclic) bond motifs is 1. The normalized spacial score (nSPS) is 15.7. The standard InChI is InChI=1S/C19H18FN3O3/c1-10-7-11(18(25)21-2)3-6-15(10)23-19(26)14-9-17(24)22-16-8-12(20)4-5-13(14)16/h3-8,14H,9H2,1-2H3,(H,21,25)(H,22,24)(H,23,26). The summed E-state index contributed by atoms with van der Waals surface area (Å²) >= 11 is 0. The summed E-state index contributed by atoms with van der Waals surface area (Å²) in [5.74, 6) is -2.10. The van der Waals surface area contributed by atoms with E-state index in [0.29, 0.717) is 22.5 Å². The Morgan fingerprint density at radius 3 is 2.65 bits per heavy atom. The second kappa shape index (κ2) is 6.95. The Labute approximate surface area is 149 Å². The molecule has 1 heterocycles. The highest BCUT2D eigenvalue weighted by Gasteiger charge is 2.31. The molecule has 3 amide bonds. The van der Waals surface area contributed by atoms with Gasteiger partial charge in [0.25, 0.3) is 5.91 Å². The fraction of sp³-hybridized carbons (Fsp3) is 0.211. The average molecular weight is 355 g/mol. The largest absolute Gasteiger partial charge is 0.355 e. The Bertz CT molecular complexity index is 911. The van der Waals surface area contributed by atoms with Gasteiger partial charge in [0.05, 0.1) is 5.92 Å². The highest BCUT2D eigenvalue weighted by atomic mass is 19.1. The van der Waals surface area contributed by atoms with Crippen LogP contribution >= 0.6 is 0 Å². The number of rotatable bonds is 3. The molecule has 0 aromatic heterocycles. The monoisotopic (exact) mass is 355 g/mol. The molecular formula is C19H18FN3O3. The third-order valence-corrected chi connectivity index (χ3v) is 4.34. The van der Waals surface area contributed by atoms with Crippen LogP contribution in [0.15, 0.2) is 36.4 Å². The van der Waals surface area contributed by atoms with Crippen LogP contribution in [-0.4, -0.2) is 24.8 Å². The lowest BCUT2D eigenvalue weighted by Gasteiger charge is -2.25. The molecular weight excluding hydrogens is 337 g/mol. The zero-order valence-electron chi connectivity index (χ0n) is 14.4. The fourth-order valence-corrected chi connectivity index (χ4v) is 2.98. The van der Waals surface area contributed by atoms with Crippen molar-refractivity contribution in [3.05, 3.63) is 58.9 Å². The van der Waals surface area contributed by atoms with Crippen molar-refractivity contribution in [3.63, 3.8) is 0 Å². The number of halogens is 1. The molecule has 3 N–H and O–H groups in total. The first-order valence-electron chi connectivity index (χ1n) is 8.12. The molecule has 0 spiro atoms. The second-order valence-electron chi connectivity index (χ2n) is 6.13. The van der Waals surface area contributed by atoms with Crippen molar-refractivity contribution in [1.82, 2.24) is 5.32 Å². The van der Waals surface area contributed by atoms with Crippen LogP contribution in [0.5, 0.6) is 0 Å². The van der Waals surface area contributed by atoms with Crippen LogP contribution < -0.4 is 16.0 Å². The minimum Gasteiger partial charge on any atom is -0.355 e. The van der Waals surface area contributed by atoms with Gasteiger partial charge < -0.3 is 16.0 Å². The third kappa shape index (κ3) is 3.42. The molecule has 26 heavy (non-hydrogen) atoms. The Balaban J connectivity index is 1.85. The molecule has 7 heteroatoms. The summed E-state index contributed by atoms with van der Waals surface area (Å²) in [6, 6.07) is 8.90. The molecule has 1 aliphatic heterocycles. The topological polar surface area (TPSA) is 87.3 Å². The van der Waals surface area contributed by atoms with Crippen molar-refractivity contribution in [2.24, 2.45) is 0 Å². The first kappa shape index (κ1) is 17.6. The van der Waals surface area contributed by atoms with Crippen LogP contribution in [0.1, 0.15) is 33.8 Å². The van der Waals surface area contributed by atoms with E-state index < -0.39 is 11.7 Å². The first-order chi connectivity index (χ1) is 12.4. The SMILES string of the molecule is CNC(=O)c1ccc(NC(=O)C2CC(=O)Nc3cc(F)ccc32)c(C)c1. The number of amides is 3. The van der Waals surface area contributed by atoms with E-state index in [2.05, 4.69) is 16.0 Å². The molecule has 0 aliphatic carbocycles. The van der Waals surface area contributed by atoms with Crippen LogP contribution in [0.3, 0.4) is 0 Å². The van der Waals surface area contributed by atoms with E-state index in [1.54, 1.807) is 32.2 Å². The number of nitrogens with one attached hydrogen (secondary N) is 3. The number of hydrogen-bond donors (Lipinski definition) is 3. The van der Waals surface area contributed by atoms with E-state index in [1.165, 1.54) is 18.2 Å². The maximum Gasteiger partial charge on any atom is 0.251 e. The Morgan fingerprint density at radius 1 is 1.19 bits per heavy atom. The lowest BCUT2D eigenvalue weighted by Crippen LogP contribution is -2.31. The number of carbonyl (C=O) groups is 3. The first-order valence-corrected chi connectivity index (χ1v) is 8.12. The summed E-state index contributed by atoms with van der Waals surface area (Å²) in [5.41, 5.74) is 2.65. The average Bonchev–Trinajstić information content (AvgIpc) is 2.61. The van der Waals surface area contributed by atoms with Gasteiger partial charge in [0, 0.05) is 30.4 Å². The van der Waals surface area contributed by atoms with Crippen LogP contribution in [0.4, 0.5) is 15.8 Å². The Kier molecular flexibility index (Phi) is 4.71. The van der Waals surface area contributed by atoms with Gasteiger partial charge >= 0.3 is 0 Å². The van der Waals surface area contributed by atoms with E-state index >= 15 is 0 Å². The highest BCUT2D eigenvalue weighted by Crippen LogP contribution is 2.33. The summed E-state index contributed by atoms with van der Waals surface area (Å²) in [7, 11) is 1.54. The van der Waals surface area contributed by atoms with Crippen molar-refractivity contribution in [2.75, 3.05) is 17.7 Å². The molecule has 1 unspecified atom stereocenters. The van der Waals surface area contributed by atoms with E-state index in [4.69, 9.17) is 0 Å². The molecule has 3 rings (SSSR count). The Morgan fingerprint density at radius 2 is 1.96 bits per heavy atom. The summed E-state index contributed by atoms with van der Waals surface area (Å²) in [6.07, 6.45) is -0.0141. The number of anilines is 2. The van der Waals surface area contributed by atoms with Crippen molar-refractivity contribution < 1.29 is 18.8 Å². The molecule has 0 radical (unpaired) electrons. The molecule has 0 fully saturated rings. The van der Waals surface area contributed by atoms with Gasteiger partial charge in [-0.25, -0.2) is 4.39 Å². The predicted molar refractivity (Wildman–Crippen MR) is 95.6 cm³/mol. The van der Waals surface area contributed by atoms with Gasteiger partial charge in [-0.1, -0.05) is 6.07 Å². The van der Waals surface area contributed by atoms with E-state index in [-0.39, 0.29) is 24.1 Å². The molecule has 6 nitrogen and oxygen atoms in total. The van der Waals surface area contributed by atoms with Crippen molar-refractivity contribution in [3.8, 4) is 0 Å². The van der Waals surface area contributed by atoms with Crippen molar-refractivity contribution >= 4 is 29.1 Å². The zero-order chi connectivity index (χ0) is 18.8. The molecule has 2 aromatic rings. The van der Waals surface area contributed by atoms with Crippen LogP contribution in [0.2, 0.25) is 0 Å². The summed E-state index contributed by atoms with van der Waals surface area (Å²) in [6.45, 7) is 1.78. The van der Waals surface area contributed by atoms with Crippen LogP contribution in [0.25, 0.3) is 0 Å². The quantitative estimate of drug-likeness (QED) is 0.791. The minimum absolute atomic E-state index is 0.0141. The highest BCUT2D eigenvalue weighted by molar-refractivity contribution is 6.05. The molecule has 0 saturated carbocycles. The second-order valence-corrected chi connectivity index (χ2v) is 6.13. The summed E-state index contributed by atoms with van der Waals surface area (Å²) < 4.78 is 13.4. The minimum atomic E-state index is -0.711. The van der Waals surface area contributed by atoms with Gasteiger partial charge in [0.1, 0.15) is 5.82 Å². The fourth-order valence-electron chi connectivity index (χ4n) is 2.98. The van der Waals surface area contributed by atoms with Gasteiger partial charge in [-0.05, 0) is 48.4 Å². The molecule has 1 aliphatic rings. The molecule has 134 valence electrons. The number of hydrogen-bond acceptors (Lipinski definition) is 3. The molecule has 1 atom stereocenters. The zero-order valence-corrected chi connectivity index (χ0v) is 14.4. The van der Waals surface area contributed by atoms with E-state index in [1.807, 2.05) is 0 Å². The van der Waals surface area contributed by atoms with Gasteiger partial charge in [-0.3, -0.25) is 14.4 Å². The van der Waals surface area contributed by atoms with E-state index in [0.717, 1.165) is 5.56 Å². The summed E-state index contributed by atoms with van der Waals surface area (Å²) in [5, 5.41) is 7.92. The summed E-state index contributed by atoms with van der Waals surface area (Å²) in [4.78, 5) is 36.3. The van der Waals surface area contributed by atoms with Gasteiger partial charge in [-0.15, -0.1) is 0 Å². The lowest BCUT2D eigenvalue weighted by atomic mass is 9.89. The predicted octanol–water partition coefficient (Wildman–Crippen LogP) is 2.56. The number of carbonyl (C=O) groups excluding carboxylic acids is 3. The van der Waals surface area contributed by atoms with Crippen molar-refractivity contribution in [2.45, 2.75) is 19.3 Å². The van der Waals surface area contributed by atoms with Gasteiger partial charge in [-0.2, -0.15) is 0 Å². The molecule has 0 saturated heterocycles. The lowest BCUT2D eigenvalue weighted by molar-refractivity contribution is -0.123. The van der Waals surface area contributed by atoms with E-state index in [9.17, 15) is 18.8 Å². The Hall–Kier alpha value is -3.22.